The van der Waals surface area contributed by atoms with E-state index in [-0.39, 0.29) is 36.2 Å². The molecular formula is C20H28O6. The van der Waals surface area contributed by atoms with Gasteiger partial charge in [-0.25, -0.2) is 4.79 Å². The van der Waals surface area contributed by atoms with Gasteiger partial charge in [0.2, 0.25) is 0 Å². The molecule has 0 bridgehead atoms. The molecule has 3 fully saturated rings. The summed E-state index contributed by atoms with van der Waals surface area (Å²) in [4.78, 5) is 24.0. The van der Waals surface area contributed by atoms with Crippen LogP contribution in [-0.4, -0.2) is 47.1 Å². The molecule has 7 unspecified atom stereocenters. The molecule has 0 aromatic heterocycles. The van der Waals surface area contributed by atoms with E-state index in [1.807, 2.05) is 13.8 Å². The van der Waals surface area contributed by atoms with E-state index in [9.17, 15) is 19.8 Å². The monoisotopic (exact) mass is 364 g/mol. The summed E-state index contributed by atoms with van der Waals surface area (Å²) in [5, 5.41) is 21.2. The van der Waals surface area contributed by atoms with Crippen LogP contribution in [0.25, 0.3) is 0 Å². The predicted molar refractivity (Wildman–Crippen MR) is 93.8 cm³/mol. The molecule has 1 heterocycles. The first-order chi connectivity index (χ1) is 12.2. The molecule has 7 atom stereocenters. The number of hydrogen-bond acceptors (Lipinski definition) is 6. The highest BCUT2D eigenvalue weighted by atomic mass is 16.6. The fourth-order valence-electron chi connectivity index (χ4n) is 4.76. The standard InChI is InChI=1S/C20H28O6/c1-9(2)7-14(21)25-8-13-16-15(18(23)17(13)22)10(3)5-6-12-11(4)20(24)26-19(12)16/h9,12-13,15-19,22-23H,3-8H2,1-2H3. The number of ether oxygens (including phenoxy) is 2. The van der Waals surface area contributed by atoms with Crippen LogP contribution in [0.5, 0.6) is 0 Å². The second-order valence-corrected chi connectivity index (χ2v) is 8.23. The average molecular weight is 364 g/mol. The first-order valence-corrected chi connectivity index (χ1v) is 9.31. The molecule has 0 spiro atoms. The van der Waals surface area contributed by atoms with E-state index in [1.165, 1.54) is 0 Å². The Morgan fingerprint density at radius 2 is 2.00 bits per heavy atom. The molecule has 1 aliphatic heterocycles. The largest absolute Gasteiger partial charge is 0.465 e. The van der Waals surface area contributed by atoms with Gasteiger partial charge in [-0.05, 0) is 18.8 Å². The number of esters is 2. The minimum Gasteiger partial charge on any atom is -0.465 e. The van der Waals surface area contributed by atoms with Gasteiger partial charge in [-0.2, -0.15) is 0 Å². The molecule has 144 valence electrons. The lowest BCUT2D eigenvalue weighted by Crippen LogP contribution is -2.37. The van der Waals surface area contributed by atoms with Crippen LogP contribution < -0.4 is 0 Å². The maximum absolute atomic E-state index is 12.0. The third-order valence-electron chi connectivity index (χ3n) is 6.05. The first kappa shape index (κ1) is 19.1. The lowest BCUT2D eigenvalue weighted by molar-refractivity contribution is -0.151. The third-order valence-corrected chi connectivity index (χ3v) is 6.05. The number of aliphatic hydroxyl groups is 2. The van der Waals surface area contributed by atoms with E-state index in [1.54, 1.807) is 0 Å². The van der Waals surface area contributed by atoms with Crippen molar-refractivity contribution < 1.29 is 29.3 Å². The van der Waals surface area contributed by atoms with E-state index < -0.39 is 30.2 Å². The Labute approximate surface area is 153 Å². The molecule has 26 heavy (non-hydrogen) atoms. The summed E-state index contributed by atoms with van der Waals surface area (Å²) in [6.45, 7) is 11.8. The van der Waals surface area contributed by atoms with E-state index >= 15 is 0 Å². The van der Waals surface area contributed by atoms with Gasteiger partial charge in [-0.3, -0.25) is 4.79 Å². The highest BCUT2D eigenvalue weighted by Gasteiger charge is 2.59. The molecule has 0 amide bonds. The topological polar surface area (TPSA) is 93.1 Å². The summed E-state index contributed by atoms with van der Waals surface area (Å²) in [5.41, 5.74) is 1.28. The van der Waals surface area contributed by atoms with Crippen molar-refractivity contribution in [2.24, 2.45) is 29.6 Å². The Morgan fingerprint density at radius 1 is 1.31 bits per heavy atom. The van der Waals surface area contributed by atoms with Crippen molar-refractivity contribution in [3.63, 3.8) is 0 Å². The van der Waals surface area contributed by atoms with Crippen LogP contribution >= 0.6 is 0 Å². The molecule has 2 saturated carbocycles. The number of aliphatic hydroxyl groups excluding tert-OH is 2. The van der Waals surface area contributed by atoms with Crippen molar-refractivity contribution in [3.8, 4) is 0 Å². The van der Waals surface area contributed by atoms with Crippen LogP contribution in [0.3, 0.4) is 0 Å². The quantitative estimate of drug-likeness (QED) is 0.447. The van der Waals surface area contributed by atoms with Gasteiger partial charge in [0.25, 0.3) is 0 Å². The van der Waals surface area contributed by atoms with Gasteiger partial charge in [-0.15, -0.1) is 0 Å². The fraction of sp³-hybridized carbons (Fsp3) is 0.700. The number of carbonyl (C=O) groups excluding carboxylic acids is 2. The zero-order valence-electron chi connectivity index (χ0n) is 15.4. The molecule has 3 aliphatic rings. The highest BCUT2D eigenvalue weighted by Crippen LogP contribution is 2.52. The van der Waals surface area contributed by atoms with Gasteiger partial charge >= 0.3 is 11.9 Å². The highest BCUT2D eigenvalue weighted by molar-refractivity contribution is 5.90. The second-order valence-electron chi connectivity index (χ2n) is 8.23. The number of rotatable bonds is 4. The van der Waals surface area contributed by atoms with Gasteiger partial charge in [-0.1, -0.05) is 32.6 Å². The van der Waals surface area contributed by atoms with Gasteiger partial charge in [0.1, 0.15) is 6.10 Å². The van der Waals surface area contributed by atoms with Gasteiger partial charge in [0.05, 0.1) is 18.8 Å². The number of carbonyl (C=O) groups is 2. The van der Waals surface area contributed by atoms with Gasteiger partial charge in [0, 0.05) is 35.7 Å². The van der Waals surface area contributed by atoms with Crippen LogP contribution in [0.15, 0.2) is 24.3 Å². The van der Waals surface area contributed by atoms with Crippen LogP contribution in [0.1, 0.15) is 33.1 Å². The third kappa shape index (κ3) is 3.21. The van der Waals surface area contributed by atoms with Crippen LogP contribution in [0, 0.1) is 29.6 Å². The summed E-state index contributed by atoms with van der Waals surface area (Å²) < 4.78 is 11.0. The van der Waals surface area contributed by atoms with Crippen molar-refractivity contribution >= 4 is 11.9 Å². The lowest BCUT2D eigenvalue weighted by atomic mass is 9.78. The minimum absolute atomic E-state index is 0.00846. The summed E-state index contributed by atoms with van der Waals surface area (Å²) in [6, 6.07) is 0. The molecule has 2 N–H and O–H groups in total. The molecule has 6 nitrogen and oxygen atoms in total. The van der Waals surface area contributed by atoms with Crippen molar-refractivity contribution in [1.29, 1.82) is 0 Å². The Bertz CT molecular complexity index is 624. The van der Waals surface area contributed by atoms with E-state index in [2.05, 4.69) is 13.2 Å². The predicted octanol–water partition coefficient (Wildman–Crippen LogP) is 1.61. The van der Waals surface area contributed by atoms with E-state index in [4.69, 9.17) is 9.47 Å². The molecule has 1 saturated heterocycles. The Kier molecular flexibility index (Phi) is 5.26. The Balaban J connectivity index is 1.84. The maximum Gasteiger partial charge on any atom is 0.334 e. The van der Waals surface area contributed by atoms with Crippen molar-refractivity contribution in [3.05, 3.63) is 24.3 Å². The fourth-order valence-corrected chi connectivity index (χ4v) is 4.76. The molecule has 0 aromatic carbocycles. The summed E-state index contributed by atoms with van der Waals surface area (Å²) in [6.07, 6.45) is -0.914. The van der Waals surface area contributed by atoms with Crippen molar-refractivity contribution in [2.75, 3.05) is 6.61 Å². The number of fused-ring (bicyclic) bond motifs is 3. The molecule has 3 rings (SSSR count). The SMILES string of the molecule is C=C1C(=O)OC2C1CCC(=C)C1C(O)C(O)C(COC(=O)CC(C)C)C21. The van der Waals surface area contributed by atoms with E-state index in [0.717, 1.165) is 5.57 Å². The molecule has 0 aromatic rings. The van der Waals surface area contributed by atoms with Crippen LogP contribution in [-0.2, 0) is 19.1 Å². The number of hydrogen-bond donors (Lipinski definition) is 2. The lowest BCUT2D eigenvalue weighted by Gasteiger charge is -2.30. The minimum atomic E-state index is -1.06. The van der Waals surface area contributed by atoms with Crippen LogP contribution in [0.4, 0.5) is 0 Å². The van der Waals surface area contributed by atoms with E-state index in [0.29, 0.717) is 24.8 Å². The first-order valence-electron chi connectivity index (χ1n) is 9.31. The smallest absolute Gasteiger partial charge is 0.334 e. The normalized spacial score (nSPS) is 39.4. The average Bonchev–Trinajstić information content (AvgIpc) is 2.91. The molecular weight excluding hydrogens is 336 g/mol. The van der Waals surface area contributed by atoms with Crippen molar-refractivity contribution in [2.45, 2.75) is 51.4 Å². The van der Waals surface area contributed by atoms with Gasteiger partial charge < -0.3 is 19.7 Å². The zero-order chi connectivity index (χ0) is 19.2. The molecule has 2 aliphatic carbocycles. The maximum atomic E-state index is 12.0. The van der Waals surface area contributed by atoms with Crippen molar-refractivity contribution in [1.82, 2.24) is 0 Å². The van der Waals surface area contributed by atoms with Crippen LogP contribution in [0.2, 0.25) is 0 Å². The summed E-state index contributed by atoms with van der Waals surface area (Å²) >= 11 is 0. The molecule has 6 heteroatoms. The second kappa shape index (κ2) is 7.16. The molecule has 0 radical (unpaired) electrons. The van der Waals surface area contributed by atoms with Gasteiger partial charge in [0.15, 0.2) is 0 Å². The Hall–Kier alpha value is -1.66. The summed E-state index contributed by atoms with van der Waals surface area (Å²) in [7, 11) is 0. The zero-order valence-corrected chi connectivity index (χ0v) is 15.4. The Morgan fingerprint density at radius 3 is 2.65 bits per heavy atom. The summed E-state index contributed by atoms with van der Waals surface area (Å²) in [5.74, 6) is -1.95.